The molecule has 1 saturated heterocycles. The molecular weight excluding hydrogens is 384 g/mol. The van der Waals surface area contributed by atoms with Gasteiger partial charge in [-0.25, -0.2) is 4.68 Å². The Labute approximate surface area is 172 Å². The maximum absolute atomic E-state index is 12.6. The standard InChI is InChI=1S/C20H22N8O2/c1-26(2)20-24-18(30-25-20)13-8-10-27(11-9-13)19-22-16-15(17(29)23-19)12-21-28(16)14-6-4-3-5-7-14/h3-7,12-13H,8-11H2,1-2H3,(H,22,23,29). The Kier molecular flexibility index (Phi) is 4.46. The number of fused-ring (bicyclic) bond motifs is 1. The number of aromatic nitrogens is 6. The van der Waals surface area contributed by atoms with Crippen LogP contribution in [-0.4, -0.2) is 57.1 Å². The van der Waals surface area contributed by atoms with Gasteiger partial charge in [-0.2, -0.15) is 15.1 Å². The van der Waals surface area contributed by atoms with Gasteiger partial charge in [0, 0.05) is 33.1 Å². The molecule has 1 aliphatic rings. The molecule has 154 valence electrons. The minimum Gasteiger partial charge on any atom is -0.344 e. The van der Waals surface area contributed by atoms with E-state index in [0.29, 0.717) is 28.8 Å². The van der Waals surface area contributed by atoms with E-state index in [-0.39, 0.29) is 11.5 Å². The highest BCUT2D eigenvalue weighted by molar-refractivity contribution is 5.76. The second-order valence-electron chi connectivity index (χ2n) is 7.61. The third-order valence-corrected chi connectivity index (χ3v) is 5.40. The zero-order valence-electron chi connectivity index (χ0n) is 16.8. The third kappa shape index (κ3) is 3.19. The normalized spacial score (nSPS) is 15.1. The molecular formula is C20H22N8O2. The summed E-state index contributed by atoms with van der Waals surface area (Å²) in [6.45, 7) is 1.47. The van der Waals surface area contributed by atoms with Crippen molar-refractivity contribution in [1.29, 1.82) is 0 Å². The van der Waals surface area contributed by atoms with Gasteiger partial charge in [0.25, 0.3) is 11.5 Å². The number of H-pyrrole nitrogens is 1. The maximum Gasteiger partial charge on any atom is 0.265 e. The van der Waals surface area contributed by atoms with Crippen LogP contribution in [0.2, 0.25) is 0 Å². The van der Waals surface area contributed by atoms with Crippen LogP contribution in [0.15, 0.2) is 45.8 Å². The summed E-state index contributed by atoms with van der Waals surface area (Å²) in [6.07, 6.45) is 3.24. The number of benzene rings is 1. The third-order valence-electron chi connectivity index (χ3n) is 5.40. The van der Waals surface area contributed by atoms with Crippen molar-refractivity contribution in [2.75, 3.05) is 37.0 Å². The molecule has 10 heteroatoms. The van der Waals surface area contributed by atoms with Crippen LogP contribution in [0.25, 0.3) is 16.7 Å². The van der Waals surface area contributed by atoms with Crippen molar-refractivity contribution in [2.45, 2.75) is 18.8 Å². The Morgan fingerprint density at radius 2 is 1.90 bits per heavy atom. The van der Waals surface area contributed by atoms with Gasteiger partial charge in [0.15, 0.2) is 5.65 Å². The summed E-state index contributed by atoms with van der Waals surface area (Å²) >= 11 is 0. The molecule has 0 bridgehead atoms. The Morgan fingerprint density at radius 3 is 2.60 bits per heavy atom. The largest absolute Gasteiger partial charge is 0.344 e. The van der Waals surface area contributed by atoms with E-state index < -0.39 is 0 Å². The fourth-order valence-corrected chi connectivity index (χ4v) is 3.73. The first-order chi connectivity index (χ1) is 14.6. The van der Waals surface area contributed by atoms with Crippen LogP contribution in [-0.2, 0) is 0 Å². The van der Waals surface area contributed by atoms with Gasteiger partial charge in [0.1, 0.15) is 5.39 Å². The zero-order chi connectivity index (χ0) is 20.7. The number of rotatable bonds is 4. The van der Waals surface area contributed by atoms with Crippen molar-refractivity contribution in [3.05, 3.63) is 52.8 Å². The van der Waals surface area contributed by atoms with Crippen LogP contribution < -0.4 is 15.4 Å². The lowest BCUT2D eigenvalue weighted by Gasteiger charge is -2.30. The molecule has 4 heterocycles. The van der Waals surface area contributed by atoms with Crippen LogP contribution in [0.4, 0.5) is 11.9 Å². The lowest BCUT2D eigenvalue weighted by atomic mass is 9.97. The van der Waals surface area contributed by atoms with Crippen molar-refractivity contribution in [1.82, 2.24) is 29.9 Å². The first-order valence-electron chi connectivity index (χ1n) is 9.89. The highest BCUT2D eigenvalue weighted by atomic mass is 16.5. The monoisotopic (exact) mass is 406 g/mol. The summed E-state index contributed by atoms with van der Waals surface area (Å²) in [7, 11) is 3.77. The molecule has 4 aromatic rings. The van der Waals surface area contributed by atoms with Crippen LogP contribution in [0.1, 0.15) is 24.7 Å². The minimum atomic E-state index is -0.188. The van der Waals surface area contributed by atoms with Gasteiger partial charge < -0.3 is 14.3 Å². The van der Waals surface area contributed by atoms with Gasteiger partial charge in [-0.05, 0) is 30.1 Å². The predicted molar refractivity (Wildman–Crippen MR) is 112 cm³/mol. The second kappa shape index (κ2) is 7.29. The fourth-order valence-electron chi connectivity index (χ4n) is 3.73. The number of hydrogen-bond donors (Lipinski definition) is 1. The van der Waals surface area contributed by atoms with E-state index in [1.54, 1.807) is 10.9 Å². The molecule has 1 N–H and O–H groups in total. The van der Waals surface area contributed by atoms with Crippen molar-refractivity contribution in [3.63, 3.8) is 0 Å². The van der Waals surface area contributed by atoms with E-state index in [2.05, 4.69) is 25.1 Å². The number of piperidine rings is 1. The van der Waals surface area contributed by atoms with Crippen molar-refractivity contribution in [3.8, 4) is 5.69 Å². The Bertz CT molecular complexity index is 1220. The summed E-state index contributed by atoms with van der Waals surface area (Å²) < 4.78 is 7.13. The molecule has 0 radical (unpaired) electrons. The molecule has 0 amide bonds. The quantitative estimate of drug-likeness (QED) is 0.548. The molecule has 3 aromatic heterocycles. The molecule has 0 spiro atoms. The Morgan fingerprint density at radius 1 is 1.13 bits per heavy atom. The first-order valence-corrected chi connectivity index (χ1v) is 9.89. The van der Waals surface area contributed by atoms with Crippen LogP contribution in [0.5, 0.6) is 0 Å². The van der Waals surface area contributed by atoms with Gasteiger partial charge in [0.2, 0.25) is 11.8 Å². The summed E-state index contributed by atoms with van der Waals surface area (Å²) in [5, 5.41) is 8.84. The summed E-state index contributed by atoms with van der Waals surface area (Å²) in [5.74, 6) is 2.01. The SMILES string of the molecule is CN(C)c1noc(C2CCN(c3nc4c(cnn4-c4ccccc4)c(=O)[nH]3)CC2)n1. The van der Waals surface area contributed by atoms with Crippen LogP contribution in [0, 0.1) is 0 Å². The van der Waals surface area contributed by atoms with Crippen molar-refractivity contribution >= 4 is 22.9 Å². The number of aromatic amines is 1. The van der Waals surface area contributed by atoms with E-state index in [1.165, 1.54) is 0 Å². The molecule has 5 rings (SSSR count). The highest BCUT2D eigenvalue weighted by Gasteiger charge is 2.27. The van der Waals surface area contributed by atoms with Crippen molar-refractivity contribution < 1.29 is 4.52 Å². The summed E-state index contributed by atoms with van der Waals surface area (Å²) in [4.78, 5) is 28.6. The number of anilines is 2. The van der Waals surface area contributed by atoms with Gasteiger partial charge in [-0.15, -0.1) is 0 Å². The van der Waals surface area contributed by atoms with Crippen molar-refractivity contribution in [2.24, 2.45) is 0 Å². The topological polar surface area (TPSA) is 109 Å². The van der Waals surface area contributed by atoms with Crippen LogP contribution in [0.3, 0.4) is 0 Å². The Hall–Kier alpha value is -3.69. The smallest absolute Gasteiger partial charge is 0.265 e. The maximum atomic E-state index is 12.6. The Balaban J connectivity index is 1.40. The van der Waals surface area contributed by atoms with Gasteiger partial charge in [0.05, 0.1) is 11.9 Å². The van der Waals surface area contributed by atoms with Gasteiger partial charge in [-0.3, -0.25) is 9.78 Å². The molecule has 1 aliphatic heterocycles. The van der Waals surface area contributed by atoms with E-state index in [1.807, 2.05) is 49.3 Å². The lowest BCUT2D eigenvalue weighted by Crippen LogP contribution is -2.35. The number of nitrogens with one attached hydrogen (secondary N) is 1. The van der Waals surface area contributed by atoms with Crippen LogP contribution >= 0.6 is 0 Å². The summed E-state index contributed by atoms with van der Waals surface area (Å²) in [6, 6.07) is 9.68. The van der Waals surface area contributed by atoms with Gasteiger partial charge in [-0.1, -0.05) is 18.2 Å². The fraction of sp³-hybridized carbons (Fsp3) is 0.350. The lowest BCUT2D eigenvalue weighted by molar-refractivity contribution is 0.328. The average molecular weight is 406 g/mol. The van der Waals surface area contributed by atoms with E-state index in [0.717, 1.165) is 31.6 Å². The number of para-hydroxylation sites is 1. The predicted octanol–water partition coefficient (Wildman–Crippen LogP) is 1.94. The van der Waals surface area contributed by atoms with E-state index in [9.17, 15) is 4.79 Å². The molecule has 10 nitrogen and oxygen atoms in total. The molecule has 0 saturated carbocycles. The number of hydrogen-bond acceptors (Lipinski definition) is 8. The molecule has 1 aromatic carbocycles. The van der Waals surface area contributed by atoms with E-state index in [4.69, 9.17) is 9.51 Å². The summed E-state index contributed by atoms with van der Waals surface area (Å²) in [5.41, 5.74) is 1.23. The molecule has 1 fully saturated rings. The second-order valence-corrected chi connectivity index (χ2v) is 7.61. The molecule has 0 unspecified atom stereocenters. The van der Waals surface area contributed by atoms with E-state index >= 15 is 0 Å². The first kappa shape index (κ1) is 18.3. The average Bonchev–Trinajstić information content (AvgIpc) is 3.42. The molecule has 0 atom stereocenters. The minimum absolute atomic E-state index is 0.188. The number of nitrogens with zero attached hydrogens (tertiary/aromatic N) is 7. The molecule has 30 heavy (non-hydrogen) atoms. The molecule has 0 aliphatic carbocycles. The highest BCUT2D eigenvalue weighted by Crippen LogP contribution is 2.29. The van der Waals surface area contributed by atoms with Gasteiger partial charge >= 0.3 is 0 Å². The zero-order valence-corrected chi connectivity index (χ0v) is 16.8.